The highest BCUT2D eigenvalue weighted by atomic mass is 16.4. The molecule has 2 saturated carbocycles. The van der Waals surface area contributed by atoms with Crippen LogP contribution in [0.5, 0.6) is 0 Å². The maximum absolute atomic E-state index is 12.7. The van der Waals surface area contributed by atoms with Gasteiger partial charge in [-0.05, 0) is 68.4 Å². The number of carbonyl (C=O) groups is 2. The van der Waals surface area contributed by atoms with Crippen LogP contribution in [0.25, 0.3) is 0 Å². The maximum atomic E-state index is 12.7. The Hall–Kier alpha value is -1.78. The lowest BCUT2D eigenvalue weighted by atomic mass is 9.65. The lowest BCUT2D eigenvalue weighted by Crippen LogP contribution is -2.45. The summed E-state index contributed by atoms with van der Waals surface area (Å²) in [6.45, 7) is 1.73. The summed E-state index contributed by atoms with van der Waals surface area (Å²) >= 11 is 0. The normalized spacial score (nSPS) is 28.9. The Bertz CT molecular complexity index is 620. The van der Waals surface area contributed by atoms with E-state index in [1.54, 1.807) is 6.26 Å². The Morgan fingerprint density at radius 3 is 2.52 bits per heavy atom. The Morgan fingerprint density at radius 1 is 1.20 bits per heavy atom. The molecule has 0 aromatic carbocycles. The molecule has 3 fully saturated rings. The third-order valence-corrected chi connectivity index (χ3v) is 6.78. The molecule has 1 N–H and O–H groups in total. The van der Waals surface area contributed by atoms with Crippen molar-refractivity contribution in [3.8, 4) is 0 Å². The van der Waals surface area contributed by atoms with Crippen molar-refractivity contribution in [1.82, 2.24) is 4.90 Å². The first-order chi connectivity index (χ1) is 12.1. The van der Waals surface area contributed by atoms with Gasteiger partial charge in [0.05, 0.1) is 6.26 Å². The van der Waals surface area contributed by atoms with E-state index in [1.165, 1.54) is 0 Å². The number of hydrogen-bond acceptors (Lipinski definition) is 3. The highest BCUT2D eigenvalue weighted by Gasteiger charge is 2.49. The maximum Gasteiger partial charge on any atom is 0.303 e. The van der Waals surface area contributed by atoms with Crippen LogP contribution >= 0.6 is 0 Å². The van der Waals surface area contributed by atoms with Gasteiger partial charge in [0.2, 0.25) is 5.91 Å². The third-order valence-electron chi connectivity index (χ3n) is 6.78. The topological polar surface area (TPSA) is 70.8 Å². The van der Waals surface area contributed by atoms with Gasteiger partial charge in [-0.2, -0.15) is 0 Å². The second kappa shape index (κ2) is 6.50. The number of carbonyl (C=O) groups excluding carboxylic acids is 1. The van der Waals surface area contributed by atoms with Gasteiger partial charge in [-0.3, -0.25) is 9.59 Å². The van der Waals surface area contributed by atoms with Crippen LogP contribution in [-0.4, -0.2) is 35.0 Å². The van der Waals surface area contributed by atoms with Crippen LogP contribution in [0.15, 0.2) is 22.8 Å². The monoisotopic (exact) mass is 345 g/mol. The quantitative estimate of drug-likeness (QED) is 0.904. The van der Waals surface area contributed by atoms with Gasteiger partial charge in [-0.1, -0.05) is 0 Å². The Morgan fingerprint density at radius 2 is 1.92 bits per heavy atom. The minimum absolute atomic E-state index is 0.117. The summed E-state index contributed by atoms with van der Waals surface area (Å²) in [6.07, 6.45) is 9.40. The lowest BCUT2D eigenvalue weighted by Gasteiger charge is -2.46. The van der Waals surface area contributed by atoms with E-state index < -0.39 is 5.97 Å². The van der Waals surface area contributed by atoms with E-state index in [-0.39, 0.29) is 11.8 Å². The first kappa shape index (κ1) is 16.7. The van der Waals surface area contributed by atoms with Crippen molar-refractivity contribution in [1.29, 1.82) is 0 Å². The first-order valence-electron chi connectivity index (χ1n) is 9.60. The molecule has 2 aliphatic carbocycles. The Labute approximate surface area is 148 Å². The SMILES string of the molecule is O=C(O)CC1CCC2(CC1)CCN(C(=O)[C@@H]1C[C@H]1c1ccco1)CC2. The smallest absolute Gasteiger partial charge is 0.303 e. The van der Waals surface area contributed by atoms with Crippen molar-refractivity contribution in [2.24, 2.45) is 17.3 Å². The summed E-state index contributed by atoms with van der Waals surface area (Å²) in [5, 5.41) is 8.96. The summed E-state index contributed by atoms with van der Waals surface area (Å²) in [5.41, 5.74) is 0.357. The number of piperidine rings is 1. The molecule has 136 valence electrons. The molecule has 3 aliphatic rings. The van der Waals surface area contributed by atoms with Gasteiger partial charge in [-0.15, -0.1) is 0 Å². The van der Waals surface area contributed by atoms with Gasteiger partial charge in [0.25, 0.3) is 0 Å². The van der Waals surface area contributed by atoms with Gasteiger partial charge in [0.15, 0.2) is 0 Å². The second-order valence-electron chi connectivity index (χ2n) is 8.33. The van der Waals surface area contributed by atoms with Crippen molar-refractivity contribution in [3.05, 3.63) is 24.2 Å². The number of likely N-dealkylation sites (tertiary alicyclic amines) is 1. The van der Waals surface area contributed by atoms with Crippen molar-refractivity contribution >= 4 is 11.9 Å². The fraction of sp³-hybridized carbons (Fsp3) is 0.700. The van der Waals surface area contributed by atoms with Gasteiger partial charge >= 0.3 is 5.97 Å². The molecule has 4 rings (SSSR count). The zero-order chi connectivity index (χ0) is 17.4. The Balaban J connectivity index is 1.26. The molecule has 5 heteroatoms. The van der Waals surface area contributed by atoms with Crippen LogP contribution in [0.3, 0.4) is 0 Å². The standard InChI is InChI=1S/C20H27NO4/c22-18(23)12-14-3-5-20(6-4-14)7-9-21(10-8-20)19(24)16-13-15(16)17-2-1-11-25-17/h1-2,11,14-16H,3-10,12-13H2,(H,22,23)/t15-,16-/m1/s1. The number of rotatable bonds is 4. The zero-order valence-electron chi connectivity index (χ0n) is 14.7. The molecule has 1 aromatic heterocycles. The molecule has 25 heavy (non-hydrogen) atoms. The van der Waals surface area contributed by atoms with E-state index in [4.69, 9.17) is 9.52 Å². The summed E-state index contributed by atoms with van der Waals surface area (Å²) in [7, 11) is 0. The third kappa shape index (κ3) is 3.46. The van der Waals surface area contributed by atoms with Gasteiger partial charge in [0.1, 0.15) is 5.76 Å². The van der Waals surface area contributed by atoms with E-state index in [0.29, 0.717) is 23.7 Å². The molecule has 0 radical (unpaired) electrons. The fourth-order valence-corrected chi connectivity index (χ4v) is 4.96. The predicted octanol–water partition coefficient (Wildman–Crippen LogP) is 3.66. The number of aliphatic carboxylic acids is 1. The lowest BCUT2D eigenvalue weighted by molar-refractivity contribution is -0.139. The molecule has 1 aromatic rings. The minimum atomic E-state index is -0.670. The van der Waals surface area contributed by atoms with E-state index in [1.807, 2.05) is 12.1 Å². The molecule has 1 saturated heterocycles. The highest BCUT2D eigenvalue weighted by Crippen LogP contribution is 2.51. The van der Waals surface area contributed by atoms with Crippen LogP contribution in [0, 0.1) is 17.3 Å². The van der Waals surface area contributed by atoms with Crippen LogP contribution < -0.4 is 0 Å². The van der Waals surface area contributed by atoms with Crippen LogP contribution in [-0.2, 0) is 9.59 Å². The number of amides is 1. The molecule has 5 nitrogen and oxygen atoms in total. The van der Waals surface area contributed by atoms with E-state index in [9.17, 15) is 9.59 Å². The summed E-state index contributed by atoms with van der Waals surface area (Å²) in [4.78, 5) is 25.7. The first-order valence-corrected chi connectivity index (χ1v) is 9.60. The number of carboxylic acid groups (broad SMARTS) is 1. The number of nitrogens with zero attached hydrogens (tertiary/aromatic N) is 1. The van der Waals surface area contributed by atoms with Crippen molar-refractivity contribution in [2.75, 3.05) is 13.1 Å². The second-order valence-corrected chi connectivity index (χ2v) is 8.33. The van der Waals surface area contributed by atoms with Gasteiger partial charge in [-0.25, -0.2) is 0 Å². The molecule has 1 spiro atoms. The molecule has 2 atom stereocenters. The summed E-state index contributed by atoms with van der Waals surface area (Å²) in [6, 6.07) is 3.86. The average molecular weight is 345 g/mol. The molecule has 2 heterocycles. The molecule has 0 bridgehead atoms. The van der Waals surface area contributed by atoms with E-state index in [2.05, 4.69) is 4.90 Å². The van der Waals surface area contributed by atoms with Crippen LogP contribution in [0.1, 0.15) is 63.0 Å². The highest BCUT2D eigenvalue weighted by molar-refractivity contribution is 5.83. The van der Waals surface area contributed by atoms with Crippen molar-refractivity contribution in [3.63, 3.8) is 0 Å². The molecular weight excluding hydrogens is 318 g/mol. The van der Waals surface area contributed by atoms with Crippen LogP contribution in [0.2, 0.25) is 0 Å². The zero-order valence-corrected chi connectivity index (χ0v) is 14.7. The number of furan rings is 1. The number of carboxylic acids is 1. The average Bonchev–Trinajstić information content (AvgIpc) is 3.22. The van der Waals surface area contributed by atoms with Gasteiger partial charge < -0.3 is 14.4 Å². The number of hydrogen-bond donors (Lipinski definition) is 1. The predicted molar refractivity (Wildman–Crippen MR) is 92.0 cm³/mol. The van der Waals surface area contributed by atoms with E-state index in [0.717, 1.165) is 63.8 Å². The van der Waals surface area contributed by atoms with E-state index >= 15 is 0 Å². The molecule has 1 aliphatic heterocycles. The van der Waals surface area contributed by atoms with Crippen molar-refractivity contribution < 1.29 is 19.1 Å². The molecular formula is C20H27NO4. The molecule has 1 amide bonds. The molecule has 0 unspecified atom stereocenters. The summed E-state index contributed by atoms with van der Waals surface area (Å²) < 4.78 is 5.44. The largest absolute Gasteiger partial charge is 0.481 e. The van der Waals surface area contributed by atoms with Crippen LogP contribution in [0.4, 0.5) is 0 Å². The fourth-order valence-electron chi connectivity index (χ4n) is 4.96. The van der Waals surface area contributed by atoms with Gasteiger partial charge in [0, 0.05) is 31.3 Å². The Kier molecular flexibility index (Phi) is 4.34. The minimum Gasteiger partial charge on any atom is -0.481 e. The summed E-state index contributed by atoms with van der Waals surface area (Å²) in [5.74, 6) is 1.33. The van der Waals surface area contributed by atoms with Crippen molar-refractivity contribution in [2.45, 2.75) is 57.3 Å².